The Balaban J connectivity index is 1.77. The summed E-state index contributed by atoms with van der Waals surface area (Å²) in [5.41, 5.74) is 2.86. The standard InChI is InChI=1S/C20H31N3O2/c1-14-9-8-10-15(2)19(14)23-18(24)13-21-20(25)16(3)22-17-11-6-4-5-7-12-17/h8-10,16-17,22H,4-7,11-13H2,1-3H3,(H,21,25)(H,23,24)/t16-/m0/s1. The molecule has 0 aromatic heterocycles. The van der Waals surface area contributed by atoms with Gasteiger partial charge in [-0.3, -0.25) is 9.59 Å². The molecule has 1 aromatic carbocycles. The second kappa shape index (κ2) is 9.56. The van der Waals surface area contributed by atoms with Crippen molar-refractivity contribution in [1.29, 1.82) is 0 Å². The third-order valence-corrected chi connectivity index (χ3v) is 4.90. The molecule has 138 valence electrons. The molecule has 5 nitrogen and oxygen atoms in total. The van der Waals surface area contributed by atoms with E-state index in [4.69, 9.17) is 0 Å². The van der Waals surface area contributed by atoms with Gasteiger partial charge < -0.3 is 16.0 Å². The van der Waals surface area contributed by atoms with Crippen LogP contribution in [0.25, 0.3) is 0 Å². The monoisotopic (exact) mass is 345 g/mol. The molecule has 1 saturated carbocycles. The molecule has 1 aliphatic carbocycles. The fourth-order valence-corrected chi connectivity index (χ4v) is 3.39. The smallest absolute Gasteiger partial charge is 0.243 e. The average molecular weight is 345 g/mol. The zero-order valence-corrected chi connectivity index (χ0v) is 15.7. The number of nitrogens with one attached hydrogen (secondary N) is 3. The minimum atomic E-state index is -0.281. The van der Waals surface area contributed by atoms with Crippen molar-refractivity contribution in [3.8, 4) is 0 Å². The van der Waals surface area contributed by atoms with E-state index in [1.807, 2.05) is 39.0 Å². The topological polar surface area (TPSA) is 70.2 Å². The molecule has 3 N–H and O–H groups in total. The number of amides is 2. The van der Waals surface area contributed by atoms with Gasteiger partial charge in [0.25, 0.3) is 0 Å². The molecule has 0 radical (unpaired) electrons. The lowest BCUT2D eigenvalue weighted by atomic mass is 10.1. The third kappa shape index (κ3) is 6.16. The molecular formula is C20H31N3O2. The van der Waals surface area contributed by atoms with E-state index in [0.29, 0.717) is 6.04 Å². The molecule has 1 aromatic rings. The van der Waals surface area contributed by atoms with E-state index >= 15 is 0 Å². The van der Waals surface area contributed by atoms with E-state index in [-0.39, 0.29) is 24.4 Å². The van der Waals surface area contributed by atoms with Crippen molar-refractivity contribution in [3.05, 3.63) is 29.3 Å². The van der Waals surface area contributed by atoms with E-state index in [1.165, 1.54) is 25.7 Å². The summed E-state index contributed by atoms with van der Waals surface area (Å²) in [6, 6.07) is 6.01. The summed E-state index contributed by atoms with van der Waals surface area (Å²) >= 11 is 0. The van der Waals surface area contributed by atoms with Crippen molar-refractivity contribution < 1.29 is 9.59 Å². The molecule has 1 fully saturated rings. The highest BCUT2D eigenvalue weighted by Gasteiger charge is 2.19. The van der Waals surface area contributed by atoms with Gasteiger partial charge in [0.2, 0.25) is 11.8 Å². The van der Waals surface area contributed by atoms with Crippen LogP contribution in [0.5, 0.6) is 0 Å². The van der Waals surface area contributed by atoms with Crippen LogP contribution in [0.4, 0.5) is 5.69 Å². The van der Waals surface area contributed by atoms with Gasteiger partial charge in [0.1, 0.15) is 0 Å². The molecular weight excluding hydrogens is 314 g/mol. The lowest BCUT2D eigenvalue weighted by molar-refractivity contribution is -0.125. The SMILES string of the molecule is Cc1cccc(C)c1NC(=O)CNC(=O)[C@H](C)NC1CCCCCC1. The lowest BCUT2D eigenvalue weighted by Crippen LogP contribution is -2.48. The Morgan fingerprint density at radius 3 is 2.28 bits per heavy atom. The van der Waals surface area contributed by atoms with Crippen LogP contribution in [0.15, 0.2) is 18.2 Å². The van der Waals surface area contributed by atoms with Gasteiger partial charge in [-0.2, -0.15) is 0 Å². The number of carbonyl (C=O) groups is 2. The number of rotatable bonds is 6. The van der Waals surface area contributed by atoms with Gasteiger partial charge in [0.15, 0.2) is 0 Å². The van der Waals surface area contributed by atoms with E-state index < -0.39 is 0 Å². The minimum Gasteiger partial charge on any atom is -0.346 e. The Labute approximate surface area is 151 Å². The summed E-state index contributed by atoms with van der Waals surface area (Å²) < 4.78 is 0. The summed E-state index contributed by atoms with van der Waals surface area (Å²) in [7, 11) is 0. The quantitative estimate of drug-likeness (QED) is 0.694. The van der Waals surface area contributed by atoms with E-state index in [0.717, 1.165) is 29.7 Å². The normalized spacial score (nSPS) is 16.8. The van der Waals surface area contributed by atoms with Gasteiger partial charge in [-0.15, -0.1) is 0 Å². The summed E-state index contributed by atoms with van der Waals surface area (Å²) in [4.78, 5) is 24.4. The number of carbonyl (C=O) groups excluding carboxylic acids is 2. The first-order valence-corrected chi connectivity index (χ1v) is 9.37. The zero-order valence-electron chi connectivity index (χ0n) is 15.7. The van der Waals surface area contributed by atoms with Crippen molar-refractivity contribution in [3.63, 3.8) is 0 Å². The Kier molecular flexibility index (Phi) is 7.44. The van der Waals surface area contributed by atoms with Crippen LogP contribution in [0, 0.1) is 13.8 Å². The molecule has 1 atom stereocenters. The van der Waals surface area contributed by atoms with Gasteiger partial charge in [-0.1, -0.05) is 43.9 Å². The molecule has 2 amide bonds. The van der Waals surface area contributed by atoms with Crippen molar-refractivity contribution >= 4 is 17.5 Å². The number of hydrogen-bond donors (Lipinski definition) is 3. The van der Waals surface area contributed by atoms with Crippen LogP contribution < -0.4 is 16.0 Å². The maximum atomic E-state index is 12.2. The molecule has 5 heteroatoms. The molecule has 1 aliphatic rings. The van der Waals surface area contributed by atoms with Crippen molar-refractivity contribution in [2.24, 2.45) is 0 Å². The average Bonchev–Trinajstić information content (AvgIpc) is 2.84. The fraction of sp³-hybridized carbons (Fsp3) is 0.600. The summed E-state index contributed by atoms with van der Waals surface area (Å²) in [6.45, 7) is 5.77. The number of benzene rings is 1. The predicted molar refractivity (Wildman–Crippen MR) is 102 cm³/mol. The second-order valence-corrected chi connectivity index (χ2v) is 7.11. The van der Waals surface area contributed by atoms with E-state index in [1.54, 1.807) is 0 Å². The summed E-state index contributed by atoms with van der Waals surface area (Å²) in [5.74, 6) is -0.326. The van der Waals surface area contributed by atoms with Crippen LogP contribution in [0.3, 0.4) is 0 Å². The zero-order chi connectivity index (χ0) is 18.2. The van der Waals surface area contributed by atoms with Crippen LogP contribution in [0.2, 0.25) is 0 Å². The molecule has 0 bridgehead atoms. The highest BCUT2D eigenvalue weighted by atomic mass is 16.2. The van der Waals surface area contributed by atoms with Crippen LogP contribution in [-0.4, -0.2) is 30.4 Å². The Hall–Kier alpha value is -1.88. The van der Waals surface area contributed by atoms with Gasteiger partial charge in [-0.05, 0) is 44.7 Å². The van der Waals surface area contributed by atoms with Crippen LogP contribution in [0.1, 0.15) is 56.6 Å². The molecule has 25 heavy (non-hydrogen) atoms. The van der Waals surface area contributed by atoms with E-state index in [2.05, 4.69) is 16.0 Å². The molecule has 0 heterocycles. The van der Waals surface area contributed by atoms with Gasteiger partial charge in [0.05, 0.1) is 12.6 Å². The largest absolute Gasteiger partial charge is 0.346 e. The predicted octanol–water partition coefficient (Wildman–Crippen LogP) is 3.06. The number of aryl methyl sites for hydroxylation is 2. The highest BCUT2D eigenvalue weighted by Crippen LogP contribution is 2.19. The van der Waals surface area contributed by atoms with Crippen LogP contribution in [-0.2, 0) is 9.59 Å². The summed E-state index contributed by atoms with van der Waals surface area (Å²) in [6.07, 6.45) is 7.29. The lowest BCUT2D eigenvalue weighted by Gasteiger charge is -2.21. The third-order valence-electron chi connectivity index (χ3n) is 4.90. The van der Waals surface area contributed by atoms with Crippen LogP contribution >= 0.6 is 0 Å². The Bertz CT molecular complexity index is 572. The fourth-order valence-electron chi connectivity index (χ4n) is 3.39. The van der Waals surface area contributed by atoms with Crippen molar-refractivity contribution in [2.75, 3.05) is 11.9 Å². The number of hydrogen-bond acceptors (Lipinski definition) is 3. The maximum absolute atomic E-state index is 12.2. The first kappa shape index (κ1) is 19.4. The first-order chi connectivity index (χ1) is 12.0. The first-order valence-electron chi connectivity index (χ1n) is 9.37. The second-order valence-electron chi connectivity index (χ2n) is 7.11. The number of anilines is 1. The molecule has 0 saturated heterocycles. The van der Waals surface area contributed by atoms with E-state index in [9.17, 15) is 9.59 Å². The van der Waals surface area contributed by atoms with Gasteiger partial charge in [0, 0.05) is 11.7 Å². The maximum Gasteiger partial charge on any atom is 0.243 e. The Morgan fingerprint density at radius 1 is 1.08 bits per heavy atom. The molecule has 0 aliphatic heterocycles. The Morgan fingerprint density at radius 2 is 1.68 bits per heavy atom. The highest BCUT2D eigenvalue weighted by molar-refractivity contribution is 5.96. The van der Waals surface area contributed by atoms with Gasteiger partial charge >= 0.3 is 0 Å². The molecule has 0 spiro atoms. The van der Waals surface area contributed by atoms with Crippen molar-refractivity contribution in [2.45, 2.75) is 71.4 Å². The minimum absolute atomic E-state index is 0.0106. The molecule has 2 rings (SSSR count). The van der Waals surface area contributed by atoms with Gasteiger partial charge in [-0.25, -0.2) is 0 Å². The number of para-hydroxylation sites is 1. The summed E-state index contributed by atoms with van der Waals surface area (Å²) in [5, 5.41) is 9.03. The van der Waals surface area contributed by atoms with Crippen molar-refractivity contribution in [1.82, 2.24) is 10.6 Å². The molecule has 0 unspecified atom stereocenters.